The predicted octanol–water partition coefficient (Wildman–Crippen LogP) is 3.65. The summed E-state index contributed by atoms with van der Waals surface area (Å²) in [6.45, 7) is 1.66. The van der Waals surface area contributed by atoms with Gasteiger partial charge in [0, 0.05) is 5.56 Å². The van der Waals surface area contributed by atoms with Crippen molar-refractivity contribution in [3.8, 4) is 11.3 Å². The van der Waals surface area contributed by atoms with Gasteiger partial charge in [-0.3, -0.25) is 0 Å². The van der Waals surface area contributed by atoms with Crippen molar-refractivity contribution in [1.82, 2.24) is 0 Å². The van der Waals surface area contributed by atoms with Crippen LogP contribution in [0.3, 0.4) is 0 Å². The van der Waals surface area contributed by atoms with Crippen molar-refractivity contribution in [3.63, 3.8) is 0 Å². The molecule has 2 rings (SSSR count). The monoisotopic (exact) mass is 222 g/mol. The van der Waals surface area contributed by atoms with Crippen LogP contribution in [-0.2, 0) is 0 Å². The average Bonchev–Trinajstić information content (AvgIpc) is 2.67. The zero-order chi connectivity index (χ0) is 10.8. The molecule has 1 aromatic heterocycles. The molecule has 0 saturated carbocycles. The van der Waals surface area contributed by atoms with Gasteiger partial charge in [-0.05, 0) is 31.2 Å². The van der Waals surface area contributed by atoms with Gasteiger partial charge < -0.3 is 9.52 Å². The van der Waals surface area contributed by atoms with E-state index in [9.17, 15) is 5.11 Å². The van der Waals surface area contributed by atoms with E-state index in [0.29, 0.717) is 16.5 Å². The van der Waals surface area contributed by atoms with Gasteiger partial charge in [0.2, 0.25) is 0 Å². The van der Waals surface area contributed by atoms with E-state index in [2.05, 4.69) is 0 Å². The molecular weight excluding hydrogens is 212 g/mol. The van der Waals surface area contributed by atoms with Gasteiger partial charge in [0.15, 0.2) is 0 Å². The minimum atomic E-state index is -0.596. The number of benzene rings is 1. The first-order valence-corrected chi connectivity index (χ1v) is 5.09. The molecule has 0 aliphatic rings. The minimum absolute atomic E-state index is 0.546. The maximum atomic E-state index is 9.33. The Morgan fingerprint density at radius 2 is 1.93 bits per heavy atom. The Hall–Kier alpha value is -1.25. The largest absolute Gasteiger partial charge is 0.458 e. The molecule has 15 heavy (non-hydrogen) atoms. The molecule has 1 unspecified atom stereocenters. The lowest BCUT2D eigenvalue weighted by Gasteiger charge is -2.01. The van der Waals surface area contributed by atoms with Crippen molar-refractivity contribution in [2.24, 2.45) is 0 Å². The van der Waals surface area contributed by atoms with Crippen LogP contribution in [0, 0.1) is 0 Å². The molecular formula is C12H11ClO2. The number of hydrogen-bond acceptors (Lipinski definition) is 2. The fourth-order valence-corrected chi connectivity index (χ4v) is 1.61. The first-order chi connectivity index (χ1) is 7.18. The molecule has 0 fully saturated rings. The lowest BCUT2D eigenvalue weighted by molar-refractivity contribution is 0.170. The van der Waals surface area contributed by atoms with Crippen LogP contribution < -0.4 is 0 Å². The van der Waals surface area contributed by atoms with Crippen LogP contribution in [0.1, 0.15) is 18.8 Å². The Morgan fingerprint density at radius 3 is 2.53 bits per heavy atom. The molecule has 1 aromatic carbocycles. The molecule has 2 aromatic rings. The van der Waals surface area contributed by atoms with Crippen molar-refractivity contribution in [3.05, 3.63) is 47.2 Å². The fourth-order valence-electron chi connectivity index (χ4n) is 1.38. The Kier molecular flexibility index (Phi) is 2.80. The quantitative estimate of drug-likeness (QED) is 0.842. The zero-order valence-electron chi connectivity index (χ0n) is 8.27. The van der Waals surface area contributed by atoms with E-state index in [4.69, 9.17) is 16.0 Å². The van der Waals surface area contributed by atoms with E-state index in [1.165, 1.54) is 0 Å². The van der Waals surface area contributed by atoms with E-state index in [1.807, 2.05) is 30.3 Å². The fraction of sp³-hybridized carbons (Fsp3) is 0.167. The van der Waals surface area contributed by atoms with Crippen molar-refractivity contribution >= 4 is 11.6 Å². The normalized spacial score (nSPS) is 12.7. The van der Waals surface area contributed by atoms with Gasteiger partial charge in [0.25, 0.3) is 0 Å². The molecule has 0 bridgehead atoms. The number of aliphatic hydroxyl groups is 1. The molecule has 3 heteroatoms. The van der Waals surface area contributed by atoms with Gasteiger partial charge >= 0.3 is 0 Å². The van der Waals surface area contributed by atoms with Crippen molar-refractivity contribution in [2.75, 3.05) is 0 Å². The van der Waals surface area contributed by atoms with E-state index in [1.54, 1.807) is 13.0 Å². The van der Waals surface area contributed by atoms with Crippen LogP contribution in [-0.4, -0.2) is 5.11 Å². The van der Waals surface area contributed by atoms with Crippen LogP contribution in [0.25, 0.3) is 11.3 Å². The number of rotatable bonds is 2. The maximum absolute atomic E-state index is 9.33. The van der Waals surface area contributed by atoms with Gasteiger partial charge in [-0.15, -0.1) is 0 Å². The zero-order valence-corrected chi connectivity index (χ0v) is 9.03. The summed E-state index contributed by atoms with van der Waals surface area (Å²) in [7, 11) is 0. The third-order valence-electron chi connectivity index (χ3n) is 2.18. The lowest BCUT2D eigenvalue weighted by atomic mass is 10.2. The lowest BCUT2D eigenvalue weighted by Crippen LogP contribution is -1.85. The summed E-state index contributed by atoms with van der Waals surface area (Å²) in [5.74, 6) is 1.22. The molecule has 0 aliphatic carbocycles. The standard InChI is InChI=1S/C12H11ClO2/c1-8(14)11-6-7-12(15-11)9-4-2-3-5-10(9)13/h2-8,14H,1H3. The molecule has 0 spiro atoms. The summed E-state index contributed by atoms with van der Waals surface area (Å²) in [5.41, 5.74) is 0.839. The van der Waals surface area contributed by atoms with Crippen molar-refractivity contribution in [1.29, 1.82) is 0 Å². The van der Waals surface area contributed by atoms with Gasteiger partial charge in [0.05, 0.1) is 5.02 Å². The van der Waals surface area contributed by atoms with E-state index < -0.39 is 6.10 Å². The number of halogens is 1. The topological polar surface area (TPSA) is 33.4 Å². The minimum Gasteiger partial charge on any atom is -0.458 e. The molecule has 78 valence electrons. The summed E-state index contributed by atoms with van der Waals surface area (Å²) >= 11 is 6.03. The molecule has 2 nitrogen and oxygen atoms in total. The molecule has 0 saturated heterocycles. The van der Waals surface area contributed by atoms with Crippen LogP contribution in [0.4, 0.5) is 0 Å². The highest BCUT2D eigenvalue weighted by Gasteiger charge is 2.10. The molecule has 1 N–H and O–H groups in total. The van der Waals surface area contributed by atoms with Crippen molar-refractivity contribution < 1.29 is 9.52 Å². The van der Waals surface area contributed by atoms with Gasteiger partial charge in [-0.1, -0.05) is 23.7 Å². The summed E-state index contributed by atoms with van der Waals surface area (Å²) in [5, 5.41) is 9.97. The van der Waals surface area contributed by atoms with E-state index in [0.717, 1.165) is 5.56 Å². The summed E-state index contributed by atoms with van der Waals surface area (Å²) in [6.07, 6.45) is -0.596. The second-order valence-electron chi connectivity index (χ2n) is 3.36. The summed E-state index contributed by atoms with van der Waals surface area (Å²) in [4.78, 5) is 0. The number of furan rings is 1. The van der Waals surface area contributed by atoms with Gasteiger partial charge in [0.1, 0.15) is 17.6 Å². The molecule has 1 heterocycles. The summed E-state index contributed by atoms with van der Waals surface area (Å²) in [6, 6.07) is 11.0. The third kappa shape index (κ3) is 2.06. The van der Waals surface area contributed by atoms with Gasteiger partial charge in [-0.2, -0.15) is 0 Å². The summed E-state index contributed by atoms with van der Waals surface area (Å²) < 4.78 is 5.48. The van der Waals surface area contributed by atoms with E-state index >= 15 is 0 Å². The Morgan fingerprint density at radius 1 is 1.20 bits per heavy atom. The first-order valence-electron chi connectivity index (χ1n) is 4.71. The van der Waals surface area contributed by atoms with Crippen LogP contribution in [0.15, 0.2) is 40.8 Å². The third-order valence-corrected chi connectivity index (χ3v) is 2.51. The maximum Gasteiger partial charge on any atom is 0.135 e. The Bertz CT molecular complexity index is 460. The van der Waals surface area contributed by atoms with Crippen LogP contribution >= 0.6 is 11.6 Å². The predicted molar refractivity (Wildman–Crippen MR) is 59.8 cm³/mol. The van der Waals surface area contributed by atoms with Crippen LogP contribution in [0.5, 0.6) is 0 Å². The van der Waals surface area contributed by atoms with Crippen LogP contribution in [0.2, 0.25) is 5.02 Å². The van der Waals surface area contributed by atoms with E-state index in [-0.39, 0.29) is 0 Å². The molecule has 0 aliphatic heterocycles. The average molecular weight is 223 g/mol. The van der Waals surface area contributed by atoms with Crippen molar-refractivity contribution in [2.45, 2.75) is 13.0 Å². The molecule has 0 amide bonds. The second-order valence-corrected chi connectivity index (χ2v) is 3.77. The van der Waals surface area contributed by atoms with Gasteiger partial charge in [-0.25, -0.2) is 0 Å². The SMILES string of the molecule is CC(O)c1ccc(-c2ccccc2Cl)o1. The molecule has 1 atom stereocenters. The Labute approximate surface area is 93.1 Å². The highest BCUT2D eigenvalue weighted by atomic mass is 35.5. The first kappa shape index (κ1) is 10.3. The smallest absolute Gasteiger partial charge is 0.135 e. The highest BCUT2D eigenvalue weighted by molar-refractivity contribution is 6.33. The molecule has 0 radical (unpaired) electrons. The Balaban J connectivity index is 2.42. The number of hydrogen-bond donors (Lipinski definition) is 1. The highest BCUT2D eigenvalue weighted by Crippen LogP contribution is 2.30. The number of aliphatic hydroxyl groups excluding tert-OH is 1. The second kappa shape index (κ2) is 4.09.